The number of nitrogen functional groups attached to an aromatic ring is 1. The average Bonchev–Trinajstić information content (AvgIpc) is 2.29. The molecule has 7 heteroatoms. The number of hydrogen-bond acceptors (Lipinski definition) is 5. The highest BCUT2D eigenvalue weighted by Crippen LogP contribution is 2.22. The van der Waals surface area contributed by atoms with Gasteiger partial charge in [-0.1, -0.05) is 0 Å². The molecule has 1 aromatic rings. The molecule has 0 saturated heterocycles. The maximum absolute atomic E-state index is 12.4. The molecule has 0 aliphatic heterocycles. The van der Waals surface area contributed by atoms with Gasteiger partial charge in [0.15, 0.2) is 0 Å². The Balaban J connectivity index is 3.14. The number of anilines is 1. The summed E-state index contributed by atoms with van der Waals surface area (Å²) in [7, 11) is -3.67. The van der Waals surface area contributed by atoms with E-state index >= 15 is 0 Å². The quantitative estimate of drug-likeness (QED) is 0.784. The molecule has 1 heterocycles. The number of aromatic nitrogens is 1. The van der Waals surface area contributed by atoms with E-state index in [2.05, 4.69) is 4.98 Å². The summed E-state index contributed by atoms with van der Waals surface area (Å²) in [5, 5.41) is 8.83. The van der Waals surface area contributed by atoms with Crippen LogP contribution in [0.15, 0.2) is 23.2 Å². The first-order chi connectivity index (χ1) is 8.41. The van der Waals surface area contributed by atoms with Gasteiger partial charge in [0.25, 0.3) is 0 Å². The van der Waals surface area contributed by atoms with Crippen molar-refractivity contribution in [2.45, 2.75) is 31.2 Å². The van der Waals surface area contributed by atoms with Crippen LogP contribution in [0.4, 0.5) is 5.82 Å². The van der Waals surface area contributed by atoms with E-state index in [-0.39, 0.29) is 29.9 Å². The number of sulfonamides is 1. The van der Waals surface area contributed by atoms with Crippen molar-refractivity contribution >= 4 is 15.8 Å². The first-order valence-electron chi connectivity index (χ1n) is 5.74. The van der Waals surface area contributed by atoms with Crippen LogP contribution < -0.4 is 5.73 Å². The van der Waals surface area contributed by atoms with E-state index in [1.807, 2.05) is 0 Å². The Morgan fingerprint density at radius 2 is 2.17 bits per heavy atom. The highest BCUT2D eigenvalue weighted by atomic mass is 32.2. The van der Waals surface area contributed by atoms with Crippen LogP contribution in [-0.2, 0) is 10.0 Å². The average molecular weight is 273 g/mol. The second-order valence-electron chi connectivity index (χ2n) is 4.17. The van der Waals surface area contributed by atoms with Gasteiger partial charge in [-0.2, -0.15) is 4.31 Å². The van der Waals surface area contributed by atoms with Crippen molar-refractivity contribution in [3.05, 3.63) is 18.3 Å². The predicted molar refractivity (Wildman–Crippen MR) is 69.4 cm³/mol. The fourth-order valence-corrected chi connectivity index (χ4v) is 3.37. The third-order valence-corrected chi connectivity index (χ3v) is 4.62. The predicted octanol–water partition coefficient (Wildman–Crippen LogP) is 0.445. The number of aliphatic hydroxyl groups is 1. The lowest BCUT2D eigenvalue weighted by molar-refractivity contribution is 0.258. The fourth-order valence-electron chi connectivity index (χ4n) is 1.63. The smallest absolute Gasteiger partial charge is 0.246 e. The molecule has 3 N–H and O–H groups in total. The van der Waals surface area contributed by atoms with Crippen molar-refractivity contribution in [2.24, 2.45) is 0 Å². The largest absolute Gasteiger partial charge is 0.396 e. The van der Waals surface area contributed by atoms with Crippen molar-refractivity contribution in [2.75, 3.05) is 18.9 Å². The lowest BCUT2D eigenvalue weighted by atomic mass is 10.3. The number of nitrogens with two attached hydrogens (primary N) is 1. The minimum absolute atomic E-state index is 0.00727. The molecule has 0 amide bonds. The van der Waals surface area contributed by atoms with Crippen molar-refractivity contribution in [1.82, 2.24) is 9.29 Å². The third-order valence-electron chi connectivity index (χ3n) is 2.50. The van der Waals surface area contributed by atoms with E-state index in [1.165, 1.54) is 22.6 Å². The summed E-state index contributed by atoms with van der Waals surface area (Å²) in [5.74, 6) is -0.00727. The van der Waals surface area contributed by atoms with Gasteiger partial charge < -0.3 is 10.8 Å². The molecule has 0 fully saturated rings. The zero-order valence-corrected chi connectivity index (χ0v) is 11.4. The maximum atomic E-state index is 12.4. The summed E-state index contributed by atoms with van der Waals surface area (Å²) in [6.45, 7) is 3.76. The summed E-state index contributed by atoms with van der Waals surface area (Å²) in [4.78, 5) is 3.80. The Hall–Kier alpha value is -1.18. The van der Waals surface area contributed by atoms with Gasteiger partial charge in [-0.25, -0.2) is 13.4 Å². The summed E-state index contributed by atoms with van der Waals surface area (Å²) in [6, 6.07) is 2.76. The molecule has 0 atom stereocenters. The molecule has 0 aliphatic rings. The number of aliphatic hydroxyl groups excluding tert-OH is 1. The molecule has 0 aliphatic carbocycles. The maximum Gasteiger partial charge on any atom is 0.246 e. The van der Waals surface area contributed by atoms with E-state index in [9.17, 15) is 8.42 Å². The molecule has 6 nitrogen and oxygen atoms in total. The van der Waals surface area contributed by atoms with Gasteiger partial charge in [0.05, 0.1) is 0 Å². The second kappa shape index (κ2) is 6.12. The van der Waals surface area contributed by atoms with Gasteiger partial charge in [0, 0.05) is 25.4 Å². The molecule has 1 aromatic heterocycles. The topological polar surface area (TPSA) is 96.5 Å². The molecule has 1 rings (SSSR count). The zero-order chi connectivity index (χ0) is 13.8. The van der Waals surface area contributed by atoms with Crippen molar-refractivity contribution in [3.63, 3.8) is 0 Å². The van der Waals surface area contributed by atoms with Crippen molar-refractivity contribution in [3.8, 4) is 0 Å². The summed E-state index contributed by atoms with van der Waals surface area (Å²) in [6.07, 6.45) is 1.83. The zero-order valence-electron chi connectivity index (χ0n) is 10.6. The minimum Gasteiger partial charge on any atom is -0.396 e. The standard InChI is InChI=1S/C11H19N3O3S/c1-9(2)14(7-4-8-15)18(16,17)10-5-3-6-13-11(10)12/h3,5-6,9,15H,4,7-8H2,1-2H3,(H2,12,13). The molecular weight excluding hydrogens is 254 g/mol. The summed E-state index contributed by atoms with van der Waals surface area (Å²) < 4.78 is 26.2. The monoisotopic (exact) mass is 273 g/mol. The Morgan fingerprint density at radius 1 is 1.50 bits per heavy atom. The van der Waals surface area contributed by atoms with E-state index in [1.54, 1.807) is 13.8 Å². The normalized spacial score (nSPS) is 12.3. The Morgan fingerprint density at radius 3 is 2.67 bits per heavy atom. The molecule has 0 saturated carbocycles. The lowest BCUT2D eigenvalue weighted by Gasteiger charge is -2.25. The Bertz CT molecular complexity index is 488. The Kier molecular flexibility index (Phi) is 5.06. The molecule has 0 radical (unpaired) electrons. The minimum atomic E-state index is -3.67. The van der Waals surface area contributed by atoms with Crippen LogP contribution in [0, 0.1) is 0 Å². The van der Waals surface area contributed by atoms with Crippen LogP contribution in [0.2, 0.25) is 0 Å². The molecule has 18 heavy (non-hydrogen) atoms. The number of pyridine rings is 1. The lowest BCUT2D eigenvalue weighted by Crippen LogP contribution is -2.38. The van der Waals surface area contributed by atoms with E-state index in [4.69, 9.17) is 10.8 Å². The van der Waals surface area contributed by atoms with Gasteiger partial charge in [-0.15, -0.1) is 0 Å². The fraction of sp³-hybridized carbons (Fsp3) is 0.545. The van der Waals surface area contributed by atoms with Crippen LogP contribution in [0.25, 0.3) is 0 Å². The number of hydrogen-bond donors (Lipinski definition) is 2. The summed E-state index contributed by atoms with van der Waals surface area (Å²) in [5.41, 5.74) is 5.61. The van der Waals surface area contributed by atoms with Crippen molar-refractivity contribution < 1.29 is 13.5 Å². The van der Waals surface area contributed by atoms with Crippen LogP contribution >= 0.6 is 0 Å². The first-order valence-corrected chi connectivity index (χ1v) is 7.18. The first kappa shape index (κ1) is 14.9. The highest BCUT2D eigenvalue weighted by Gasteiger charge is 2.28. The summed E-state index contributed by atoms with van der Waals surface area (Å²) >= 11 is 0. The molecule has 0 unspecified atom stereocenters. The van der Waals surface area contributed by atoms with E-state index in [0.717, 1.165) is 0 Å². The number of rotatable bonds is 6. The number of nitrogens with zero attached hydrogens (tertiary/aromatic N) is 2. The van der Waals surface area contributed by atoms with Crippen LogP contribution in [0.3, 0.4) is 0 Å². The third kappa shape index (κ3) is 3.18. The van der Waals surface area contributed by atoms with Crippen molar-refractivity contribution in [1.29, 1.82) is 0 Å². The SMILES string of the molecule is CC(C)N(CCCO)S(=O)(=O)c1cccnc1N. The molecule has 0 spiro atoms. The molecule has 0 aromatic carbocycles. The van der Waals surface area contributed by atoms with Gasteiger partial charge in [0.1, 0.15) is 10.7 Å². The molecule has 102 valence electrons. The second-order valence-corrected chi connectivity index (χ2v) is 6.03. The highest BCUT2D eigenvalue weighted by molar-refractivity contribution is 7.89. The van der Waals surface area contributed by atoms with Crippen LogP contribution in [0.5, 0.6) is 0 Å². The van der Waals surface area contributed by atoms with Gasteiger partial charge in [0.2, 0.25) is 10.0 Å². The van der Waals surface area contributed by atoms with Gasteiger partial charge in [-0.3, -0.25) is 0 Å². The van der Waals surface area contributed by atoms with Crippen LogP contribution in [-0.4, -0.2) is 42.0 Å². The molecular formula is C11H19N3O3S. The van der Waals surface area contributed by atoms with Crippen LogP contribution in [0.1, 0.15) is 20.3 Å². The van der Waals surface area contributed by atoms with Gasteiger partial charge in [-0.05, 0) is 32.4 Å². The van der Waals surface area contributed by atoms with Gasteiger partial charge >= 0.3 is 0 Å². The Labute approximate surface area is 107 Å². The van der Waals surface area contributed by atoms with E-state index in [0.29, 0.717) is 6.42 Å². The molecule has 0 bridgehead atoms. The van der Waals surface area contributed by atoms with E-state index < -0.39 is 10.0 Å².